The molecule has 0 aliphatic heterocycles. The van der Waals surface area contributed by atoms with Gasteiger partial charge in [-0.3, -0.25) is 0 Å². The molecule has 0 aliphatic rings. The quantitative estimate of drug-likeness (QED) is 0.609. The third-order valence-electron chi connectivity index (χ3n) is 1.18. The van der Waals surface area contributed by atoms with E-state index in [1.54, 1.807) is 12.4 Å². The molecule has 2 rings (SSSR count). The first-order valence-corrected chi connectivity index (χ1v) is 3.66. The van der Waals surface area contributed by atoms with Gasteiger partial charge in [0.1, 0.15) is 0 Å². The predicted octanol–water partition coefficient (Wildman–Crippen LogP) is 2.65. The molecule has 0 fully saturated rings. The smallest absolute Gasteiger partial charge is 0.0228 e. The van der Waals surface area contributed by atoms with Crippen LogP contribution in [0.1, 0.15) is 13.8 Å². The maximum Gasteiger partial charge on any atom is 0.0228 e. The van der Waals surface area contributed by atoms with E-state index < -0.39 is 0 Å². The van der Waals surface area contributed by atoms with Gasteiger partial charge in [-0.25, -0.2) is 0 Å². The molecule has 3 heteroatoms. The minimum absolute atomic E-state index is 0. The molecule has 0 saturated heterocycles. The summed E-state index contributed by atoms with van der Waals surface area (Å²) in [5.41, 5.74) is 0.838. The molecule has 2 heterocycles. The van der Waals surface area contributed by atoms with E-state index in [9.17, 15) is 0 Å². The number of hydrogen-bond donors (Lipinski definition) is 0. The van der Waals surface area contributed by atoms with E-state index >= 15 is 0 Å². The summed E-state index contributed by atoms with van der Waals surface area (Å²) in [6.07, 6.45) is 4.95. The molecule has 0 aromatic carbocycles. The minimum atomic E-state index is 0. The van der Waals surface area contributed by atoms with Crippen LogP contribution in [-0.2, 0) is 18.6 Å². The van der Waals surface area contributed by atoms with Crippen molar-refractivity contribution in [3.05, 3.63) is 30.8 Å². The monoisotopic (exact) mass is 199 g/mol. The van der Waals surface area contributed by atoms with E-state index in [1.807, 2.05) is 19.9 Å². The Kier molecular flexibility index (Phi) is 5.51. The van der Waals surface area contributed by atoms with Gasteiger partial charge in [-0.2, -0.15) is 0 Å². The summed E-state index contributed by atoms with van der Waals surface area (Å²) in [6, 6.07) is 4.70. The summed E-state index contributed by atoms with van der Waals surface area (Å²) in [4.78, 5) is 3.89. The van der Waals surface area contributed by atoms with Crippen LogP contribution in [-0.4, -0.2) is 4.98 Å². The Labute approximate surface area is 83.9 Å². The van der Waals surface area contributed by atoms with Gasteiger partial charge in [0.2, 0.25) is 0 Å². The molecule has 2 nitrogen and oxygen atoms in total. The van der Waals surface area contributed by atoms with E-state index in [0.29, 0.717) is 0 Å². The van der Waals surface area contributed by atoms with Crippen LogP contribution in [0.25, 0.3) is 11.0 Å². The summed E-state index contributed by atoms with van der Waals surface area (Å²) in [7, 11) is 0. The zero-order valence-corrected chi connectivity index (χ0v) is 8.51. The first kappa shape index (κ1) is 11.3. The number of hydrogen-bond acceptors (Lipinski definition) is 2. The third kappa shape index (κ3) is 2.40. The van der Waals surface area contributed by atoms with E-state index in [1.165, 1.54) is 6.26 Å². The second-order valence-corrected chi connectivity index (χ2v) is 1.75. The molecular formula is C9H10NOV-. The van der Waals surface area contributed by atoms with Crippen molar-refractivity contribution in [3.63, 3.8) is 0 Å². The van der Waals surface area contributed by atoms with Crippen LogP contribution in [0.4, 0.5) is 0 Å². The number of nitrogens with zero attached hydrogens (tertiary/aromatic N) is 1. The topological polar surface area (TPSA) is 26.0 Å². The SMILES string of the molecule is CC.[V].[c-]1coc2ccncc12. The molecule has 2 aromatic heterocycles. The molecule has 2 aromatic rings. The van der Waals surface area contributed by atoms with Crippen LogP contribution < -0.4 is 0 Å². The van der Waals surface area contributed by atoms with Crippen molar-refractivity contribution in [1.29, 1.82) is 0 Å². The zero-order chi connectivity index (χ0) is 8.10. The van der Waals surface area contributed by atoms with Crippen molar-refractivity contribution < 1.29 is 23.0 Å². The van der Waals surface area contributed by atoms with Crippen LogP contribution in [0.3, 0.4) is 0 Å². The second-order valence-electron chi connectivity index (χ2n) is 1.75. The van der Waals surface area contributed by atoms with E-state index in [2.05, 4.69) is 11.1 Å². The Balaban J connectivity index is 0.000000378. The number of rotatable bonds is 0. The summed E-state index contributed by atoms with van der Waals surface area (Å²) in [6.45, 7) is 4.00. The zero-order valence-electron chi connectivity index (χ0n) is 7.11. The molecule has 0 amide bonds. The van der Waals surface area contributed by atoms with E-state index in [-0.39, 0.29) is 18.6 Å². The van der Waals surface area contributed by atoms with Crippen molar-refractivity contribution in [2.24, 2.45) is 0 Å². The van der Waals surface area contributed by atoms with Crippen LogP contribution in [0.15, 0.2) is 29.1 Å². The van der Waals surface area contributed by atoms with Gasteiger partial charge in [0.25, 0.3) is 0 Å². The number of furan rings is 1. The second kappa shape index (κ2) is 5.87. The van der Waals surface area contributed by atoms with Crippen LogP contribution in [0.2, 0.25) is 0 Å². The van der Waals surface area contributed by atoms with Crippen molar-refractivity contribution in [1.82, 2.24) is 4.98 Å². The first-order chi connectivity index (χ1) is 5.47. The van der Waals surface area contributed by atoms with Crippen molar-refractivity contribution in [2.75, 3.05) is 0 Å². The largest absolute Gasteiger partial charge is 0.535 e. The normalized spacial score (nSPS) is 8.17. The van der Waals surface area contributed by atoms with E-state index in [4.69, 9.17) is 4.42 Å². The molecule has 0 unspecified atom stereocenters. The fourth-order valence-corrected chi connectivity index (χ4v) is 0.749. The molecule has 63 valence electrons. The summed E-state index contributed by atoms with van der Waals surface area (Å²) in [5.74, 6) is 0. The molecular weight excluding hydrogens is 189 g/mol. The van der Waals surface area contributed by atoms with Gasteiger partial charge in [0.15, 0.2) is 0 Å². The maximum absolute atomic E-state index is 5.02. The molecule has 0 saturated carbocycles. The number of pyridine rings is 1. The fourth-order valence-electron chi connectivity index (χ4n) is 0.749. The van der Waals surface area contributed by atoms with Crippen LogP contribution in [0.5, 0.6) is 0 Å². The van der Waals surface area contributed by atoms with Crippen molar-refractivity contribution in [3.8, 4) is 0 Å². The molecule has 1 radical (unpaired) electrons. The molecule has 0 aliphatic carbocycles. The Morgan fingerprint density at radius 2 is 2.17 bits per heavy atom. The van der Waals surface area contributed by atoms with Gasteiger partial charge in [0.05, 0.1) is 0 Å². The predicted molar refractivity (Wildman–Crippen MR) is 44.2 cm³/mol. The molecule has 12 heavy (non-hydrogen) atoms. The summed E-state index contributed by atoms with van der Waals surface area (Å²) < 4.78 is 5.02. The van der Waals surface area contributed by atoms with Crippen LogP contribution >= 0.6 is 0 Å². The van der Waals surface area contributed by atoms with Gasteiger partial charge >= 0.3 is 0 Å². The maximum atomic E-state index is 5.02. The first-order valence-electron chi connectivity index (χ1n) is 3.66. The van der Waals surface area contributed by atoms with Gasteiger partial charge in [-0.1, -0.05) is 26.1 Å². The Hall–Kier alpha value is -0.726. The summed E-state index contributed by atoms with van der Waals surface area (Å²) in [5, 5.41) is 0.928. The van der Waals surface area contributed by atoms with Crippen molar-refractivity contribution >= 4 is 11.0 Å². The van der Waals surface area contributed by atoms with Gasteiger partial charge in [-0.15, -0.1) is 11.5 Å². The van der Waals surface area contributed by atoms with Crippen molar-refractivity contribution in [2.45, 2.75) is 13.8 Å². The fraction of sp³-hybridized carbons (Fsp3) is 0.222. The average Bonchev–Trinajstić information content (AvgIpc) is 2.55. The Morgan fingerprint density at radius 3 is 2.83 bits per heavy atom. The average molecular weight is 199 g/mol. The molecule has 0 N–H and O–H groups in total. The molecule has 0 bridgehead atoms. The Morgan fingerprint density at radius 1 is 1.42 bits per heavy atom. The Bertz CT molecular complexity index is 289. The van der Waals surface area contributed by atoms with Crippen LogP contribution in [0, 0.1) is 6.07 Å². The number of aromatic nitrogens is 1. The van der Waals surface area contributed by atoms with E-state index in [0.717, 1.165) is 11.0 Å². The van der Waals surface area contributed by atoms with Gasteiger partial charge in [0, 0.05) is 36.6 Å². The molecule has 0 spiro atoms. The minimum Gasteiger partial charge on any atom is -0.535 e. The van der Waals surface area contributed by atoms with Gasteiger partial charge < -0.3 is 9.40 Å². The standard InChI is InChI=1S/C7H4NO.C2H6.V/c1-3-8-5-6-2-4-9-7(1)6;1-2;/h1,3-5H;1-2H3;/q-1;;. The molecule has 0 atom stereocenters. The van der Waals surface area contributed by atoms with Gasteiger partial charge in [-0.05, 0) is 0 Å². The summed E-state index contributed by atoms with van der Waals surface area (Å²) >= 11 is 0. The third-order valence-corrected chi connectivity index (χ3v) is 1.18. The number of fused-ring (bicyclic) bond motifs is 1.